The summed E-state index contributed by atoms with van der Waals surface area (Å²) >= 11 is 0. The standard InChI is InChI=1S/C16H15N5O3/c1-9-10(14(23)19-15(24)17-9)8-13(22)21-7-6-20-12-5-3-2-4-11(12)18-16(20)21/h2-5H,6-8H2,1H3,(H2,17,19,23,24). The maximum atomic E-state index is 12.7. The molecule has 122 valence electrons. The first-order valence-corrected chi connectivity index (χ1v) is 7.62. The first-order chi connectivity index (χ1) is 11.5. The van der Waals surface area contributed by atoms with E-state index in [1.165, 1.54) is 0 Å². The van der Waals surface area contributed by atoms with Gasteiger partial charge in [-0.2, -0.15) is 0 Å². The number of aromatic amines is 2. The zero-order valence-electron chi connectivity index (χ0n) is 13.0. The molecule has 4 rings (SSSR count). The molecule has 8 nitrogen and oxygen atoms in total. The molecule has 3 aromatic rings. The Kier molecular flexibility index (Phi) is 3.12. The lowest BCUT2D eigenvalue weighted by Gasteiger charge is -2.14. The summed E-state index contributed by atoms with van der Waals surface area (Å²) in [5.41, 5.74) is 1.40. The van der Waals surface area contributed by atoms with Crippen molar-refractivity contribution in [2.75, 3.05) is 11.4 Å². The molecule has 1 aliphatic rings. The fourth-order valence-corrected chi connectivity index (χ4v) is 3.11. The molecule has 1 amide bonds. The summed E-state index contributed by atoms with van der Waals surface area (Å²) in [7, 11) is 0. The van der Waals surface area contributed by atoms with E-state index in [-0.39, 0.29) is 17.9 Å². The molecule has 3 heterocycles. The number of fused-ring (bicyclic) bond motifs is 3. The summed E-state index contributed by atoms with van der Waals surface area (Å²) in [6, 6.07) is 7.71. The fourth-order valence-electron chi connectivity index (χ4n) is 3.11. The highest BCUT2D eigenvalue weighted by Crippen LogP contribution is 2.27. The molecule has 0 unspecified atom stereocenters. The van der Waals surface area contributed by atoms with Crippen LogP contribution in [-0.4, -0.2) is 32.0 Å². The second-order valence-corrected chi connectivity index (χ2v) is 5.79. The van der Waals surface area contributed by atoms with Crippen LogP contribution in [0.4, 0.5) is 5.95 Å². The van der Waals surface area contributed by atoms with Crippen LogP contribution >= 0.6 is 0 Å². The Morgan fingerprint density at radius 3 is 2.79 bits per heavy atom. The van der Waals surface area contributed by atoms with Gasteiger partial charge in [-0.15, -0.1) is 0 Å². The third kappa shape index (κ3) is 2.15. The maximum Gasteiger partial charge on any atom is 0.325 e. The van der Waals surface area contributed by atoms with Crippen molar-refractivity contribution >= 4 is 22.9 Å². The highest BCUT2D eigenvalue weighted by Gasteiger charge is 2.29. The number of carbonyl (C=O) groups is 1. The Bertz CT molecular complexity index is 1080. The van der Waals surface area contributed by atoms with Crippen molar-refractivity contribution in [1.82, 2.24) is 19.5 Å². The number of imidazole rings is 1. The van der Waals surface area contributed by atoms with E-state index >= 15 is 0 Å². The molecule has 0 bridgehead atoms. The second kappa shape index (κ2) is 5.19. The maximum absolute atomic E-state index is 12.7. The van der Waals surface area contributed by atoms with E-state index in [0.29, 0.717) is 24.7 Å². The zero-order valence-corrected chi connectivity index (χ0v) is 13.0. The van der Waals surface area contributed by atoms with Crippen molar-refractivity contribution in [2.24, 2.45) is 0 Å². The van der Waals surface area contributed by atoms with Gasteiger partial charge in [0.15, 0.2) is 0 Å². The fraction of sp³-hybridized carbons (Fsp3) is 0.250. The first-order valence-electron chi connectivity index (χ1n) is 7.62. The second-order valence-electron chi connectivity index (χ2n) is 5.79. The van der Waals surface area contributed by atoms with Crippen molar-refractivity contribution in [3.63, 3.8) is 0 Å². The lowest BCUT2D eigenvalue weighted by Crippen LogP contribution is -2.35. The minimum Gasteiger partial charge on any atom is -0.311 e. The Hall–Kier alpha value is -3.16. The van der Waals surface area contributed by atoms with E-state index < -0.39 is 11.2 Å². The summed E-state index contributed by atoms with van der Waals surface area (Å²) in [4.78, 5) is 46.6. The van der Waals surface area contributed by atoms with Gasteiger partial charge >= 0.3 is 5.69 Å². The van der Waals surface area contributed by atoms with Gasteiger partial charge in [-0.1, -0.05) is 12.1 Å². The van der Waals surface area contributed by atoms with Crippen LogP contribution < -0.4 is 16.1 Å². The van der Waals surface area contributed by atoms with Crippen LogP contribution in [0.1, 0.15) is 11.3 Å². The number of para-hydroxylation sites is 2. The van der Waals surface area contributed by atoms with Gasteiger partial charge < -0.3 is 9.55 Å². The summed E-state index contributed by atoms with van der Waals surface area (Å²) < 4.78 is 2.00. The molecule has 2 aromatic heterocycles. The number of rotatable bonds is 2. The molecule has 0 aliphatic carbocycles. The van der Waals surface area contributed by atoms with Gasteiger partial charge in [0.2, 0.25) is 11.9 Å². The van der Waals surface area contributed by atoms with E-state index in [1.54, 1.807) is 11.8 Å². The Morgan fingerprint density at radius 2 is 2.00 bits per heavy atom. The van der Waals surface area contributed by atoms with Gasteiger partial charge in [0.1, 0.15) is 0 Å². The molecular weight excluding hydrogens is 310 g/mol. The molecule has 0 fully saturated rings. The van der Waals surface area contributed by atoms with Crippen molar-refractivity contribution in [2.45, 2.75) is 19.9 Å². The van der Waals surface area contributed by atoms with Crippen molar-refractivity contribution < 1.29 is 4.79 Å². The number of hydrogen-bond acceptors (Lipinski definition) is 4. The third-order valence-electron chi connectivity index (χ3n) is 4.31. The smallest absolute Gasteiger partial charge is 0.311 e. The molecule has 0 atom stereocenters. The number of anilines is 1. The van der Waals surface area contributed by atoms with E-state index in [1.807, 2.05) is 28.8 Å². The first kappa shape index (κ1) is 14.4. The molecule has 2 N–H and O–H groups in total. The molecule has 8 heteroatoms. The van der Waals surface area contributed by atoms with E-state index in [4.69, 9.17) is 0 Å². The highest BCUT2D eigenvalue weighted by atomic mass is 16.2. The average molecular weight is 325 g/mol. The van der Waals surface area contributed by atoms with Crippen LogP contribution in [0.2, 0.25) is 0 Å². The van der Waals surface area contributed by atoms with Crippen LogP contribution in [0.5, 0.6) is 0 Å². The van der Waals surface area contributed by atoms with Crippen molar-refractivity contribution in [3.05, 3.63) is 56.4 Å². The van der Waals surface area contributed by atoms with Crippen LogP contribution in [0.15, 0.2) is 33.9 Å². The number of carbonyl (C=O) groups excluding carboxylic acids is 1. The minimum atomic E-state index is -0.573. The molecule has 0 saturated carbocycles. The quantitative estimate of drug-likeness (QED) is 0.707. The summed E-state index contributed by atoms with van der Waals surface area (Å²) in [5.74, 6) is 0.379. The topological polar surface area (TPSA) is 104 Å². The number of nitrogens with zero attached hydrogens (tertiary/aromatic N) is 3. The highest BCUT2D eigenvalue weighted by molar-refractivity contribution is 5.96. The number of aromatic nitrogens is 4. The molecule has 1 aliphatic heterocycles. The lowest BCUT2D eigenvalue weighted by atomic mass is 10.1. The van der Waals surface area contributed by atoms with Gasteiger partial charge in [0, 0.05) is 24.3 Å². The predicted molar refractivity (Wildman–Crippen MR) is 88.2 cm³/mol. The average Bonchev–Trinajstić information content (AvgIpc) is 3.09. The number of benzene rings is 1. The number of H-pyrrole nitrogens is 2. The third-order valence-corrected chi connectivity index (χ3v) is 4.31. The molecule has 0 spiro atoms. The number of amides is 1. The van der Waals surface area contributed by atoms with Gasteiger partial charge in [-0.05, 0) is 19.1 Å². The SMILES string of the molecule is Cc1[nH]c(=O)[nH]c(=O)c1CC(=O)N1CCn2c1nc1ccccc12. The summed E-state index contributed by atoms with van der Waals surface area (Å²) in [6.45, 7) is 2.80. The van der Waals surface area contributed by atoms with Crippen LogP contribution in [0, 0.1) is 6.92 Å². The van der Waals surface area contributed by atoms with Gasteiger partial charge in [-0.3, -0.25) is 19.5 Å². The van der Waals surface area contributed by atoms with Crippen LogP contribution in [-0.2, 0) is 17.8 Å². The minimum absolute atomic E-state index is 0.0822. The van der Waals surface area contributed by atoms with Gasteiger partial charge in [-0.25, -0.2) is 9.78 Å². The van der Waals surface area contributed by atoms with Crippen LogP contribution in [0.25, 0.3) is 11.0 Å². The van der Waals surface area contributed by atoms with Crippen molar-refractivity contribution in [3.8, 4) is 0 Å². The van der Waals surface area contributed by atoms with E-state index in [0.717, 1.165) is 11.0 Å². The Balaban J connectivity index is 1.69. The van der Waals surface area contributed by atoms with Crippen molar-refractivity contribution in [1.29, 1.82) is 0 Å². The van der Waals surface area contributed by atoms with Gasteiger partial charge in [0.25, 0.3) is 5.56 Å². The van der Waals surface area contributed by atoms with Gasteiger partial charge in [0.05, 0.1) is 17.5 Å². The number of aryl methyl sites for hydroxylation is 1. The number of hydrogen-bond donors (Lipinski definition) is 2. The Morgan fingerprint density at radius 1 is 1.21 bits per heavy atom. The summed E-state index contributed by atoms with van der Waals surface area (Å²) in [6.07, 6.45) is -0.0822. The molecule has 24 heavy (non-hydrogen) atoms. The van der Waals surface area contributed by atoms with Crippen LogP contribution in [0.3, 0.4) is 0 Å². The normalized spacial score (nSPS) is 13.5. The predicted octanol–water partition coefficient (Wildman–Crippen LogP) is 0.311. The number of nitrogens with one attached hydrogen (secondary N) is 2. The summed E-state index contributed by atoms with van der Waals surface area (Å²) in [5, 5.41) is 0. The zero-order chi connectivity index (χ0) is 16.8. The Labute approximate surface area is 135 Å². The molecular formula is C16H15N5O3. The molecule has 0 radical (unpaired) electrons. The molecule has 1 aromatic carbocycles. The van der Waals surface area contributed by atoms with E-state index in [2.05, 4.69) is 15.0 Å². The van der Waals surface area contributed by atoms with E-state index in [9.17, 15) is 14.4 Å². The molecule has 0 saturated heterocycles. The largest absolute Gasteiger partial charge is 0.325 e. The lowest BCUT2D eigenvalue weighted by molar-refractivity contribution is -0.117. The monoisotopic (exact) mass is 325 g/mol.